The molecule has 0 saturated carbocycles. The minimum Gasteiger partial charge on any atom is -0.478 e. The summed E-state index contributed by atoms with van der Waals surface area (Å²) in [5, 5.41) is 9.08. The number of carboxylic acids is 1. The van der Waals surface area contributed by atoms with Gasteiger partial charge in [-0.2, -0.15) is 0 Å². The third kappa shape index (κ3) is 3.58. The zero-order valence-electron chi connectivity index (χ0n) is 15.8. The summed E-state index contributed by atoms with van der Waals surface area (Å²) in [5.41, 5.74) is 1.07. The minimum atomic E-state index is -1.08. The summed E-state index contributed by atoms with van der Waals surface area (Å²) in [6, 6.07) is 7.88. The lowest BCUT2D eigenvalue weighted by Crippen LogP contribution is -2.50. The fourth-order valence-electron chi connectivity index (χ4n) is 3.39. The Hall–Kier alpha value is -3.62. The molecule has 0 bridgehead atoms. The highest BCUT2D eigenvalue weighted by atomic mass is 16.7. The van der Waals surface area contributed by atoms with Gasteiger partial charge in [-0.15, -0.1) is 0 Å². The molecule has 2 amide bonds. The van der Waals surface area contributed by atoms with E-state index in [1.165, 1.54) is 12.1 Å². The second kappa shape index (κ2) is 7.42. The average molecular weight is 397 g/mol. The first-order valence-electron chi connectivity index (χ1n) is 9.13. The highest BCUT2D eigenvalue weighted by molar-refractivity contribution is 5.96. The van der Waals surface area contributed by atoms with Crippen molar-refractivity contribution in [2.45, 2.75) is 6.92 Å². The number of hydrogen-bond acceptors (Lipinski definition) is 6. The van der Waals surface area contributed by atoms with Gasteiger partial charge in [0.2, 0.25) is 6.79 Å². The molecule has 2 aliphatic heterocycles. The predicted octanol–water partition coefficient (Wildman–Crippen LogP) is 1.42. The van der Waals surface area contributed by atoms with E-state index in [4.69, 9.17) is 14.6 Å². The van der Waals surface area contributed by atoms with Crippen LogP contribution in [0.5, 0.6) is 11.5 Å². The van der Waals surface area contributed by atoms with Crippen LogP contribution in [0.25, 0.3) is 0 Å². The maximum absolute atomic E-state index is 12.8. The molecule has 2 aliphatic rings. The van der Waals surface area contributed by atoms with Crippen LogP contribution in [0.4, 0.5) is 0 Å². The van der Waals surface area contributed by atoms with Gasteiger partial charge in [-0.25, -0.2) is 9.78 Å². The highest BCUT2D eigenvalue weighted by Crippen LogP contribution is 2.32. The van der Waals surface area contributed by atoms with Crippen molar-refractivity contribution < 1.29 is 29.0 Å². The van der Waals surface area contributed by atoms with Crippen molar-refractivity contribution >= 4 is 17.8 Å². The first kappa shape index (κ1) is 18.7. The van der Waals surface area contributed by atoms with Crippen LogP contribution in [-0.2, 0) is 0 Å². The molecule has 1 aromatic carbocycles. The number of nitrogens with zero attached hydrogens (tertiary/aromatic N) is 3. The molecular formula is C20H19N3O6. The quantitative estimate of drug-likeness (QED) is 0.834. The Morgan fingerprint density at radius 2 is 1.59 bits per heavy atom. The summed E-state index contributed by atoms with van der Waals surface area (Å²) in [5.74, 6) is -0.315. The number of carboxylic acid groups (broad SMARTS) is 1. The molecule has 1 fully saturated rings. The second-order valence-electron chi connectivity index (χ2n) is 6.79. The first-order chi connectivity index (χ1) is 13.9. The third-order valence-corrected chi connectivity index (χ3v) is 5.01. The molecule has 0 radical (unpaired) electrons. The Bertz CT molecular complexity index is 998. The van der Waals surface area contributed by atoms with Gasteiger partial charge in [0.15, 0.2) is 11.5 Å². The zero-order valence-corrected chi connectivity index (χ0v) is 15.8. The fraction of sp³-hybridized carbons (Fsp3) is 0.300. The van der Waals surface area contributed by atoms with Crippen LogP contribution >= 0.6 is 0 Å². The average Bonchev–Trinajstić information content (AvgIpc) is 3.20. The van der Waals surface area contributed by atoms with Gasteiger partial charge < -0.3 is 24.4 Å². The van der Waals surface area contributed by atoms with E-state index >= 15 is 0 Å². The lowest BCUT2D eigenvalue weighted by atomic mass is 10.1. The SMILES string of the molecule is Cc1nc(C(=O)N2CCN(C(=O)c3ccc4c(c3)OCO4)CC2)ccc1C(=O)O. The van der Waals surface area contributed by atoms with Crippen LogP contribution in [-0.4, -0.2) is 70.6 Å². The van der Waals surface area contributed by atoms with Crippen LogP contribution in [0, 0.1) is 6.92 Å². The van der Waals surface area contributed by atoms with Crippen LogP contribution in [0.1, 0.15) is 36.9 Å². The Labute approximate surface area is 166 Å². The van der Waals surface area contributed by atoms with Gasteiger partial charge in [-0.3, -0.25) is 9.59 Å². The van der Waals surface area contributed by atoms with Crippen molar-refractivity contribution in [3.8, 4) is 11.5 Å². The number of carbonyl (C=O) groups is 3. The van der Waals surface area contributed by atoms with Gasteiger partial charge in [0, 0.05) is 31.7 Å². The van der Waals surface area contributed by atoms with Gasteiger partial charge in [-0.05, 0) is 37.3 Å². The normalized spacial score (nSPS) is 15.3. The van der Waals surface area contributed by atoms with E-state index in [-0.39, 0.29) is 29.9 Å². The number of aromatic carboxylic acids is 1. The van der Waals surface area contributed by atoms with Crippen molar-refractivity contribution in [1.29, 1.82) is 0 Å². The summed E-state index contributed by atoms with van der Waals surface area (Å²) in [6.45, 7) is 3.24. The summed E-state index contributed by atoms with van der Waals surface area (Å²) in [7, 11) is 0. The zero-order chi connectivity index (χ0) is 20.5. The number of fused-ring (bicyclic) bond motifs is 1. The molecule has 9 heteroatoms. The molecule has 9 nitrogen and oxygen atoms in total. The van der Waals surface area contributed by atoms with Crippen LogP contribution < -0.4 is 9.47 Å². The van der Waals surface area contributed by atoms with Gasteiger partial charge in [0.05, 0.1) is 11.3 Å². The lowest BCUT2D eigenvalue weighted by molar-refractivity contribution is 0.0532. The van der Waals surface area contributed by atoms with Crippen molar-refractivity contribution in [1.82, 2.24) is 14.8 Å². The van der Waals surface area contributed by atoms with Crippen LogP contribution in [0.2, 0.25) is 0 Å². The molecule has 4 rings (SSSR count). The van der Waals surface area contributed by atoms with E-state index in [1.807, 2.05) is 0 Å². The summed E-state index contributed by atoms with van der Waals surface area (Å²) < 4.78 is 10.6. The minimum absolute atomic E-state index is 0.0701. The Morgan fingerprint density at radius 1 is 0.931 bits per heavy atom. The Balaban J connectivity index is 1.40. The van der Waals surface area contributed by atoms with Crippen LogP contribution in [0.3, 0.4) is 0 Å². The number of aryl methyl sites for hydroxylation is 1. The molecule has 3 heterocycles. The number of amides is 2. The number of rotatable bonds is 3. The molecule has 1 saturated heterocycles. The molecule has 29 heavy (non-hydrogen) atoms. The van der Waals surface area contributed by atoms with Crippen molar-refractivity contribution in [2.24, 2.45) is 0 Å². The van der Waals surface area contributed by atoms with Crippen LogP contribution in [0.15, 0.2) is 30.3 Å². The smallest absolute Gasteiger partial charge is 0.337 e. The number of hydrogen-bond donors (Lipinski definition) is 1. The van der Waals surface area contributed by atoms with Crippen molar-refractivity contribution in [3.05, 3.63) is 52.8 Å². The summed E-state index contributed by atoms with van der Waals surface area (Å²) in [4.78, 5) is 44.0. The second-order valence-corrected chi connectivity index (χ2v) is 6.79. The summed E-state index contributed by atoms with van der Waals surface area (Å²) in [6.07, 6.45) is 0. The predicted molar refractivity (Wildman–Crippen MR) is 100 cm³/mol. The Kier molecular flexibility index (Phi) is 4.79. The van der Waals surface area contributed by atoms with E-state index in [9.17, 15) is 14.4 Å². The first-order valence-corrected chi connectivity index (χ1v) is 9.13. The number of piperazine rings is 1. The molecule has 0 aliphatic carbocycles. The Morgan fingerprint density at radius 3 is 2.24 bits per heavy atom. The fourth-order valence-corrected chi connectivity index (χ4v) is 3.39. The lowest BCUT2D eigenvalue weighted by Gasteiger charge is -2.34. The van der Waals surface area contributed by atoms with Gasteiger partial charge in [0.25, 0.3) is 11.8 Å². The van der Waals surface area contributed by atoms with E-state index in [0.717, 1.165) is 0 Å². The number of benzene rings is 1. The van der Waals surface area contributed by atoms with Crippen molar-refractivity contribution in [2.75, 3.05) is 33.0 Å². The molecule has 1 aromatic heterocycles. The molecule has 150 valence electrons. The maximum atomic E-state index is 12.8. The molecule has 0 unspecified atom stereocenters. The molecule has 0 atom stereocenters. The van der Waals surface area contributed by atoms with Gasteiger partial charge >= 0.3 is 5.97 Å². The van der Waals surface area contributed by atoms with Gasteiger partial charge in [0.1, 0.15) is 5.69 Å². The topological polar surface area (TPSA) is 109 Å². The maximum Gasteiger partial charge on any atom is 0.337 e. The highest BCUT2D eigenvalue weighted by Gasteiger charge is 2.27. The van der Waals surface area contributed by atoms with E-state index in [2.05, 4.69) is 4.98 Å². The third-order valence-electron chi connectivity index (χ3n) is 5.01. The monoisotopic (exact) mass is 397 g/mol. The number of pyridine rings is 1. The van der Waals surface area contributed by atoms with Crippen molar-refractivity contribution in [3.63, 3.8) is 0 Å². The number of carbonyl (C=O) groups excluding carboxylic acids is 2. The molecular weight excluding hydrogens is 378 g/mol. The largest absolute Gasteiger partial charge is 0.478 e. The standard InChI is InChI=1S/C20H19N3O6/c1-12-14(20(26)27)3-4-15(21-12)19(25)23-8-6-22(7-9-23)18(24)13-2-5-16-17(10-13)29-11-28-16/h2-5,10H,6-9,11H2,1H3,(H,26,27). The van der Waals surface area contributed by atoms with E-state index in [1.54, 1.807) is 34.9 Å². The number of ether oxygens (including phenoxy) is 2. The summed E-state index contributed by atoms with van der Waals surface area (Å²) >= 11 is 0. The molecule has 1 N–H and O–H groups in total. The molecule has 0 spiro atoms. The van der Waals surface area contributed by atoms with Gasteiger partial charge in [-0.1, -0.05) is 0 Å². The molecule has 2 aromatic rings. The van der Waals surface area contributed by atoms with E-state index < -0.39 is 5.97 Å². The number of aromatic nitrogens is 1. The van der Waals surface area contributed by atoms with E-state index in [0.29, 0.717) is 48.9 Å².